The molecular weight excluding hydrogens is 440 g/mol. The molecule has 0 bridgehead atoms. The number of amides is 2. The van der Waals surface area contributed by atoms with E-state index in [1.165, 1.54) is 29.2 Å². The summed E-state index contributed by atoms with van der Waals surface area (Å²) in [6.45, 7) is 2.13. The van der Waals surface area contributed by atoms with Gasteiger partial charge in [0.15, 0.2) is 0 Å². The van der Waals surface area contributed by atoms with Gasteiger partial charge in [0.1, 0.15) is 11.5 Å². The molecule has 1 saturated heterocycles. The standard InChI is InChI=1S/C22H15ClN2O5S/c1-13-4-2-3-5-14(13)12-24-21(26)20(31-22(24)27)11-16-7-9-19(30-16)17-8-6-15(25(28)29)10-18(17)23/h2-11H,12H2,1H3/b20-11-. The minimum absolute atomic E-state index is 0.122. The molecule has 2 heterocycles. The molecule has 7 nitrogen and oxygen atoms in total. The smallest absolute Gasteiger partial charge is 0.293 e. The van der Waals surface area contributed by atoms with Crippen LogP contribution < -0.4 is 0 Å². The van der Waals surface area contributed by atoms with Crippen LogP contribution in [0.4, 0.5) is 10.5 Å². The first-order chi connectivity index (χ1) is 14.8. The highest BCUT2D eigenvalue weighted by atomic mass is 35.5. The number of imide groups is 1. The molecule has 156 valence electrons. The van der Waals surface area contributed by atoms with E-state index < -0.39 is 4.92 Å². The Morgan fingerprint density at radius 2 is 1.94 bits per heavy atom. The molecule has 1 aliphatic heterocycles. The Morgan fingerprint density at radius 3 is 2.65 bits per heavy atom. The van der Waals surface area contributed by atoms with Gasteiger partial charge in [-0.1, -0.05) is 35.9 Å². The van der Waals surface area contributed by atoms with Crippen LogP contribution in [0.5, 0.6) is 0 Å². The van der Waals surface area contributed by atoms with Gasteiger partial charge in [-0.05, 0) is 48.0 Å². The molecule has 9 heteroatoms. The van der Waals surface area contributed by atoms with Gasteiger partial charge in [0.05, 0.1) is 21.4 Å². The fraction of sp³-hybridized carbons (Fsp3) is 0.0909. The van der Waals surface area contributed by atoms with Gasteiger partial charge in [0.2, 0.25) is 0 Å². The Balaban J connectivity index is 1.56. The summed E-state index contributed by atoms with van der Waals surface area (Å²) in [4.78, 5) is 36.9. The summed E-state index contributed by atoms with van der Waals surface area (Å²) in [5.74, 6) is 0.376. The largest absolute Gasteiger partial charge is 0.457 e. The number of hydrogen-bond donors (Lipinski definition) is 0. The zero-order chi connectivity index (χ0) is 22.1. The van der Waals surface area contributed by atoms with Crippen LogP contribution in [0.15, 0.2) is 63.9 Å². The number of benzene rings is 2. The topological polar surface area (TPSA) is 93.7 Å². The molecule has 31 heavy (non-hydrogen) atoms. The molecule has 0 radical (unpaired) electrons. The summed E-state index contributed by atoms with van der Waals surface area (Å²) in [5.41, 5.74) is 2.27. The monoisotopic (exact) mass is 454 g/mol. The lowest BCUT2D eigenvalue weighted by molar-refractivity contribution is -0.384. The minimum Gasteiger partial charge on any atom is -0.457 e. The first kappa shape index (κ1) is 20.9. The lowest BCUT2D eigenvalue weighted by Crippen LogP contribution is -2.27. The van der Waals surface area contributed by atoms with Crippen molar-refractivity contribution in [1.29, 1.82) is 0 Å². The molecule has 1 aromatic heterocycles. The van der Waals surface area contributed by atoms with Crippen LogP contribution in [0.2, 0.25) is 5.02 Å². The number of nitro benzene ring substituents is 1. The van der Waals surface area contributed by atoms with Crippen LogP contribution in [0, 0.1) is 17.0 Å². The Bertz CT molecular complexity index is 1250. The van der Waals surface area contributed by atoms with Crippen LogP contribution >= 0.6 is 23.4 Å². The van der Waals surface area contributed by atoms with E-state index in [-0.39, 0.29) is 33.3 Å². The average Bonchev–Trinajstić information content (AvgIpc) is 3.29. The summed E-state index contributed by atoms with van der Waals surface area (Å²) in [6, 6.07) is 14.9. The molecule has 4 rings (SSSR count). The number of halogens is 1. The van der Waals surface area contributed by atoms with Crippen LogP contribution in [-0.2, 0) is 11.3 Å². The van der Waals surface area contributed by atoms with Crippen molar-refractivity contribution < 1.29 is 18.9 Å². The molecule has 0 unspecified atom stereocenters. The second-order valence-corrected chi connectivity index (χ2v) is 8.22. The molecule has 0 atom stereocenters. The predicted octanol–water partition coefficient (Wildman–Crippen LogP) is 6.05. The SMILES string of the molecule is Cc1ccccc1CN1C(=O)S/C(=C\c2ccc(-c3ccc([N+](=O)[O-])cc3Cl)o2)C1=O. The molecule has 2 amide bonds. The van der Waals surface area contributed by atoms with E-state index >= 15 is 0 Å². The number of hydrogen-bond acceptors (Lipinski definition) is 6. The number of furan rings is 1. The molecule has 2 aromatic carbocycles. The molecule has 0 spiro atoms. The minimum atomic E-state index is -0.531. The lowest BCUT2D eigenvalue weighted by atomic mass is 10.1. The van der Waals surface area contributed by atoms with E-state index in [1.807, 2.05) is 31.2 Å². The fourth-order valence-electron chi connectivity index (χ4n) is 3.12. The van der Waals surface area contributed by atoms with Crippen molar-refractivity contribution in [2.45, 2.75) is 13.5 Å². The number of non-ortho nitro benzene ring substituents is 1. The van der Waals surface area contributed by atoms with Gasteiger partial charge in [0.25, 0.3) is 16.8 Å². The Kier molecular flexibility index (Phi) is 5.67. The molecule has 0 saturated carbocycles. The Labute approximate surface area is 186 Å². The maximum absolute atomic E-state index is 12.8. The van der Waals surface area contributed by atoms with Crippen molar-refractivity contribution in [3.63, 3.8) is 0 Å². The number of rotatable bonds is 5. The zero-order valence-electron chi connectivity index (χ0n) is 16.2. The summed E-state index contributed by atoms with van der Waals surface area (Å²) in [6.07, 6.45) is 1.51. The summed E-state index contributed by atoms with van der Waals surface area (Å²) < 4.78 is 5.74. The van der Waals surface area contributed by atoms with Gasteiger partial charge < -0.3 is 4.42 Å². The quantitative estimate of drug-likeness (QED) is 0.264. The fourth-order valence-corrected chi connectivity index (χ4v) is 4.20. The summed E-state index contributed by atoms with van der Waals surface area (Å²) in [7, 11) is 0. The van der Waals surface area contributed by atoms with Crippen molar-refractivity contribution in [2.75, 3.05) is 0 Å². The molecular formula is C22H15ClN2O5S. The van der Waals surface area contributed by atoms with Gasteiger partial charge in [-0.2, -0.15) is 0 Å². The van der Waals surface area contributed by atoms with Gasteiger partial charge in [-0.15, -0.1) is 0 Å². The first-order valence-electron chi connectivity index (χ1n) is 9.17. The van der Waals surface area contributed by atoms with Crippen molar-refractivity contribution in [3.05, 3.63) is 91.5 Å². The molecule has 0 aliphatic carbocycles. The number of nitro groups is 1. The second kappa shape index (κ2) is 8.41. The molecule has 0 N–H and O–H groups in total. The Hall–Kier alpha value is -3.36. The molecule has 1 aliphatic rings. The van der Waals surface area contributed by atoms with E-state index in [4.69, 9.17) is 16.0 Å². The number of aryl methyl sites for hydroxylation is 1. The van der Waals surface area contributed by atoms with Crippen molar-refractivity contribution in [2.24, 2.45) is 0 Å². The number of carbonyl (C=O) groups excluding carboxylic acids is 2. The predicted molar refractivity (Wildman–Crippen MR) is 119 cm³/mol. The maximum Gasteiger partial charge on any atom is 0.293 e. The third-order valence-corrected chi connectivity index (χ3v) is 6.01. The van der Waals surface area contributed by atoms with E-state index in [9.17, 15) is 19.7 Å². The van der Waals surface area contributed by atoms with Gasteiger partial charge in [-0.3, -0.25) is 24.6 Å². The number of nitrogens with zero attached hydrogens (tertiary/aromatic N) is 2. The van der Waals surface area contributed by atoms with Crippen molar-refractivity contribution >= 4 is 46.3 Å². The van der Waals surface area contributed by atoms with Gasteiger partial charge >= 0.3 is 0 Å². The zero-order valence-corrected chi connectivity index (χ0v) is 17.8. The molecule has 3 aromatic rings. The highest BCUT2D eigenvalue weighted by Crippen LogP contribution is 2.36. The lowest BCUT2D eigenvalue weighted by Gasteiger charge is -2.14. The highest BCUT2D eigenvalue weighted by Gasteiger charge is 2.35. The van der Waals surface area contributed by atoms with Crippen LogP contribution in [-0.4, -0.2) is 21.0 Å². The van der Waals surface area contributed by atoms with E-state index in [1.54, 1.807) is 12.1 Å². The van der Waals surface area contributed by atoms with Crippen LogP contribution in [0.1, 0.15) is 16.9 Å². The third-order valence-electron chi connectivity index (χ3n) is 4.79. The highest BCUT2D eigenvalue weighted by molar-refractivity contribution is 8.18. The first-order valence-corrected chi connectivity index (χ1v) is 10.4. The van der Waals surface area contributed by atoms with Gasteiger partial charge in [0, 0.05) is 23.8 Å². The number of thioether (sulfide) groups is 1. The third kappa shape index (κ3) is 4.26. The summed E-state index contributed by atoms with van der Waals surface area (Å²) >= 11 is 7.00. The van der Waals surface area contributed by atoms with Gasteiger partial charge in [-0.25, -0.2) is 0 Å². The van der Waals surface area contributed by atoms with Crippen LogP contribution in [0.25, 0.3) is 17.4 Å². The van der Waals surface area contributed by atoms with Crippen molar-refractivity contribution in [1.82, 2.24) is 4.90 Å². The van der Waals surface area contributed by atoms with E-state index in [0.717, 1.165) is 22.9 Å². The van der Waals surface area contributed by atoms with Crippen molar-refractivity contribution in [3.8, 4) is 11.3 Å². The van der Waals surface area contributed by atoms with E-state index in [0.29, 0.717) is 17.1 Å². The maximum atomic E-state index is 12.8. The second-order valence-electron chi connectivity index (χ2n) is 6.82. The summed E-state index contributed by atoms with van der Waals surface area (Å²) in [5, 5.41) is 10.7. The van der Waals surface area contributed by atoms with Crippen LogP contribution in [0.3, 0.4) is 0 Å². The number of carbonyl (C=O) groups is 2. The normalized spacial score (nSPS) is 15.2. The van der Waals surface area contributed by atoms with E-state index in [2.05, 4.69) is 0 Å². The average molecular weight is 455 g/mol. The molecule has 1 fully saturated rings. The Morgan fingerprint density at radius 1 is 1.16 bits per heavy atom.